The highest BCUT2D eigenvalue weighted by Crippen LogP contribution is 2.48. The average molecular weight is 233 g/mol. The molecule has 14 heavy (non-hydrogen) atoms. The van der Waals surface area contributed by atoms with Gasteiger partial charge < -0.3 is 0 Å². The van der Waals surface area contributed by atoms with Crippen LogP contribution in [0.1, 0.15) is 46.0 Å². The van der Waals surface area contributed by atoms with E-state index in [1.165, 1.54) is 32.1 Å². The summed E-state index contributed by atoms with van der Waals surface area (Å²) in [6, 6.07) is 0. The largest absolute Gasteiger partial charge is 0.167 e. The summed E-state index contributed by atoms with van der Waals surface area (Å²) in [6.07, 6.45) is 7.06. The van der Waals surface area contributed by atoms with Crippen molar-refractivity contribution in [1.82, 2.24) is 0 Å². The van der Waals surface area contributed by atoms with Gasteiger partial charge in [0.15, 0.2) is 7.38 Å². The number of hydrogen-bond acceptors (Lipinski definition) is 0. The smallest absolute Gasteiger partial charge is 0.153 e. The molecule has 84 valence electrons. The third kappa shape index (κ3) is 3.27. The first-order valence-electron chi connectivity index (χ1n) is 6.14. The van der Waals surface area contributed by atoms with Crippen molar-refractivity contribution in [2.75, 3.05) is 0 Å². The normalized spacial score (nSPS) is 33.6. The Bertz CT molecular complexity index is 174. The molecule has 1 aliphatic rings. The zero-order valence-corrected chi connectivity index (χ0v) is 11.9. The standard InChI is InChI=1S/C12H25ClSi/c1-5-6-7-11-8-10(2)12(9-11)14(3,4)13/h10-12H,5-9H2,1-4H3. The Morgan fingerprint density at radius 3 is 2.36 bits per heavy atom. The molecule has 0 N–H and O–H groups in total. The summed E-state index contributed by atoms with van der Waals surface area (Å²) >= 11 is 6.57. The van der Waals surface area contributed by atoms with Gasteiger partial charge in [-0.25, -0.2) is 0 Å². The predicted molar refractivity (Wildman–Crippen MR) is 68.5 cm³/mol. The van der Waals surface area contributed by atoms with E-state index in [2.05, 4.69) is 26.9 Å². The summed E-state index contributed by atoms with van der Waals surface area (Å²) in [7, 11) is -1.40. The molecule has 0 aromatic heterocycles. The third-order valence-corrected chi connectivity index (χ3v) is 7.24. The fraction of sp³-hybridized carbons (Fsp3) is 1.00. The number of halogens is 1. The fourth-order valence-electron chi connectivity index (χ4n) is 3.06. The first kappa shape index (κ1) is 12.6. The monoisotopic (exact) mass is 232 g/mol. The molecule has 0 aliphatic heterocycles. The number of rotatable bonds is 4. The van der Waals surface area contributed by atoms with Crippen molar-refractivity contribution in [2.45, 2.75) is 64.6 Å². The Morgan fingerprint density at radius 1 is 1.29 bits per heavy atom. The van der Waals surface area contributed by atoms with E-state index in [1.807, 2.05) is 0 Å². The van der Waals surface area contributed by atoms with E-state index in [4.69, 9.17) is 11.1 Å². The van der Waals surface area contributed by atoms with E-state index in [0.717, 1.165) is 17.4 Å². The molecule has 0 nitrogen and oxygen atoms in total. The van der Waals surface area contributed by atoms with Crippen LogP contribution < -0.4 is 0 Å². The maximum absolute atomic E-state index is 6.57. The lowest BCUT2D eigenvalue weighted by Gasteiger charge is -2.25. The molecule has 0 amide bonds. The number of unbranched alkanes of at least 4 members (excludes halogenated alkanes) is 1. The highest BCUT2D eigenvalue weighted by molar-refractivity contribution is 7.19. The molecule has 1 saturated carbocycles. The van der Waals surface area contributed by atoms with Crippen molar-refractivity contribution in [3.63, 3.8) is 0 Å². The van der Waals surface area contributed by atoms with E-state index >= 15 is 0 Å². The topological polar surface area (TPSA) is 0 Å². The van der Waals surface area contributed by atoms with Crippen molar-refractivity contribution in [1.29, 1.82) is 0 Å². The summed E-state index contributed by atoms with van der Waals surface area (Å²) in [5.41, 5.74) is 0.867. The molecule has 3 atom stereocenters. The Morgan fingerprint density at radius 2 is 1.93 bits per heavy atom. The van der Waals surface area contributed by atoms with Gasteiger partial charge in [0.05, 0.1) is 0 Å². The van der Waals surface area contributed by atoms with Crippen molar-refractivity contribution < 1.29 is 0 Å². The minimum Gasteiger partial charge on any atom is -0.167 e. The lowest BCUT2D eigenvalue weighted by molar-refractivity contribution is 0.461. The second-order valence-corrected chi connectivity index (χ2v) is 12.4. The summed E-state index contributed by atoms with van der Waals surface area (Å²) < 4.78 is 0. The van der Waals surface area contributed by atoms with Gasteiger partial charge in [0.2, 0.25) is 0 Å². The quantitative estimate of drug-likeness (QED) is 0.471. The van der Waals surface area contributed by atoms with Gasteiger partial charge in [-0.2, -0.15) is 11.1 Å². The third-order valence-electron chi connectivity index (χ3n) is 3.83. The maximum Gasteiger partial charge on any atom is 0.153 e. The molecular formula is C12H25ClSi. The number of hydrogen-bond donors (Lipinski definition) is 0. The molecule has 3 unspecified atom stereocenters. The van der Waals surface area contributed by atoms with Crippen LogP contribution in [0.15, 0.2) is 0 Å². The maximum atomic E-state index is 6.57. The van der Waals surface area contributed by atoms with Crippen molar-refractivity contribution in [2.24, 2.45) is 11.8 Å². The van der Waals surface area contributed by atoms with Gasteiger partial charge in [-0.3, -0.25) is 0 Å². The molecule has 0 saturated heterocycles. The van der Waals surface area contributed by atoms with Gasteiger partial charge in [0.25, 0.3) is 0 Å². The highest BCUT2D eigenvalue weighted by Gasteiger charge is 2.40. The van der Waals surface area contributed by atoms with Gasteiger partial charge >= 0.3 is 0 Å². The lowest BCUT2D eigenvalue weighted by Crippen LogP contribution is -2.26. The van der Waals surface area contributed by atoms with Crippen LogP contribution in [-0.4, -0.2) is 7.38 Å². The zero-order chi connectivity index (χ0) is 10.8. The Hall–Kier alpha value is 0.507. The minimum atomic E-state index is -1.40. The van der Waals surface area contributed by atoms with E-state index in [1.54, 1.807) is 0 Å². The molecule has 1 aliphatic carbocycles. The van der Waals surface area contributed by atoms with Crippen molar-refractivity contribution >= 4 is 18.5 Å². The Labute approximate surface area is 95.1 Å². The summed E-state index contributed by atoms with van der Waals surface area (Å²) in [5.74, 6) is 1.87. The Kier molecular flexibility index (Phi) is 4.51. The van der Waals surface area contributed by atoms with Gasteiger partial charge in [0.1, 0.15) is 0 Å². The second-order valence-electron chi connectivity index (χ2n) is 5.63. The van der Waals surface area contributed by atoms with Crippen LogP contribution in [0.2, 0.25) is 18.6 Å². The average Bonchev–Trinajstić information content (AvgIpc) is 2.42. The molecule has 0 aromatic carbocycles. The van der Waals surface area contributed by atoms with E-state index < -0.39 is 7.38 Å². The molecule has 0 bridgehead atoms. The van der Waals surface area contributed by atoms with Crippen LogP contribution in [0.3, 0.4) is 0 Å². The molecule has 0 radical (unpaired) electrons. The lowest BCUT2D eigenvalue weighted by atomic mass is 10.00. The predicted octanol–water partition coefficient (Wildman–Crippen LogP) is 5.04. The molecule has 0 aromatic rings. The van der Waals surface area contributed by atoms with E-state index in [-0.39, 0.29) is 0 Å². The molecular weight excluding hydrogens is 208 g/mol. The minimum absolute atomic E-state index is 0.867. The van der Waals surface area contributed by atoms with E-state index in [9.17, 15) is 0 Å². The SMILES string of the molecule is CCCCC1CC(C)C([Si](C)(C)Cl)C1. The van der Waals surface area contributed by atoms with Crippen molar-refractivity contribution in [3.05, 3.63) is 0 Å². The molecule has 0 spiro atoms. The van der Waals surface area contributed by atoms with Crippen molar-refractivity contribution in [3.8, 4) is 0 Å². The Balaban J connectivity index is 2.43. The molecule has 1 rings (SSSR count). The fourth-order valence-corrected chi connectivity index (χ4v) is 6.36. The highest BCUT2D eigenvalue weighted by atomic mass is 35.6. The van der Waals surface area contributed by atoms with E-state index in [0.29, 0.717) is 0 Å². The first-order valence-corrected chi connectivity index (χ1v) is 10.2. The molecule has 1 fully saturated rings. The summed E-state index contributed by atoms with van der Waals surface area (Å²) in [4.78, 5) is 0. The van der Waals surface area contributed by atoms with Crippen LogP contribution in [0.4, 0.5) is 0 Å². The van der Waals surface area contributed by atoms with Crippen LogP contribution in [0.5, 0.6) is 0 Å². The molecule has 0 heterocycles. The molecule has 2 heteroatoms. The van der Waals surface area contributed by atoms with Gasteiger partial charge in [-0.1, -0.05) is 46.2 Å². The zero-order valence-electron chi connectivity index (χ0n) is 10.1. The van der Waals surface area contributed by atoms with Gasteiger partial charge in [-0.05, 0) is 30.2 Å². The van der Waals surface area contributed by atoms with Gasteiger partial charge in [-0.15, -0.1) is 0 Å². The summed E-state index contributed by atoms with van der Waals surface area (Å²) in [5, 5.41) is 0. The first-order chi connectivity index (χ1) is 6.45. The van der Waals surface area contributed by atoms with Crippen LogP contribution in [0, 0.1) is 11.8 Å². The van der Waals surface area contributed by atoms with Crippen LogP contribution in [0.25, 0.3) is 0 Å². The van der Waals surface area contributed by atoms with Crippen LogP contribution >= 0.6 is 11.1 Å². The second kappa shape index (κ2) is 5.02. The van der Waals surface area contributed by atoms with Crippen LogP contribution in [-0.2, 0) is 0 Å². The summed E-state index contributed by atoms with van der Waals surface area (Å²) in [6.45, 7) is 9.33. The van der Waals surface area contributed by atoms with Gasteiger partial charge in [0, 0.05) is 0 Å².